The molecule has 0 aromatic carbocycles. The highest BCUT2D eigenvalue weighted by Crippen LogP contribution is 2.41. The van der Waals surface area contributed by atoms with Crippen molar-refractivity contribution >= 4 is 11.9 Å². The Hall–Kier alpha value is -3.86. The molecule has 16 heteroatoms. The third-order valence-electron chi connectivity index (χ3n) is 10.6. The van der Waals surface area contributed by atoms with E-state index in [9.17, 15) is 28.8 Å². The van der Waals surface area contributed by atoms with Crippen molar-refractivity contribution < 1.29 is 38.0 Å². The second-order valence-electron chi connectivity index (χ2n) is 14.8. The summed E-state index contributed by atoms with van der Waals surface area (Å²) in [6.45, 7) is 0.627. The molecule has 1 saturated heterocycles. The maximum absolute atomic E-state index is 12.8. The number of rotatable bonds is 15. The summed E-state index contributed by atoms with van der Waals surface area (Å²) in [7, 11) is 1.54. The monoisotopic (exact) mass is 744 g/mol. The van der Waals surface area contributed by atoms with Gasteiger partial charge in [0.25, 0.3) is 11.1 Å². The van der Waals surface area contributed by atoms with E-state index in [1.54, 1.807) is 7.11 Å². The molecular weight excluding hydrogens is 692 g/mol. The molecule has 5 aliphatic rings. The summed E-state index contributed by atoms with van der Waals surface area (Å²) in [4.78, 5) is 75.7. The number of hydrogen-bond acceptors (Lipinski definition) is 12. The number of carbonyl (C=O) groups is 2. The Bertz CT molecular complexity index is 1780. The van der Waals surface area contributed by atoms with Crippen molar-refractivity contribution in [1.82, 2.24) is 19.1 Å². The van der Waals surface area contributed by atoms with Gasteiger partial charge < -0.3 is 33.0 Å². The summed E-state index contributed by atoms with van der Waals surface area (Å²) >= 11 is 0. The van der Waals surface area contributed by atoms with E-state index in [1.807, 2.05) is 0 Å². The van der Waals surface area contributed by atoms with Crippen molar-refractivity contribution in [3.05, 3.63) is 66.2 Å². The summed E-state index contributed by atoms with van der Waals surface area (Å²) < 4.78 is 37.2. The van der Waals surface area contributed by atoms with Gasteiger partial charge in [0.1, 0.15) is 19.4 Å². The van der Waals surface area contributed by atoms with Crippen LogP contribution in [0.4, 0.5) is 0 Å². The molecule has 16 nitrogen and oxygen atoms in total. The predicted octanol–water partition coefficient (Wildman–Crippen LogP) is 2.62. The Labute approximate surface area is 306 Å². The van der Waals surface area contributed by atoms with Gasteiger partial charge in [-0.1, -0.05) is 6.42 Å². The van der Waals surface area contributed by atoms with E-state index in [0.29, 0.717) is 38.6 Å². The zero-order chi connectivity index (χ0) is 37.4. The van der Waals surface area contributed by atoms with E-state index < -0.39 is 39.9 Å². The van der Waals surface area contributed by atoms with Crippen LogP contribution in [-0.2, 0) is 44.6 Å². The average molecular weight is 745 g/mol. The number of hydrogen-bond donors (Lipinski definition) is 2. The maximum Gasteiger partial charge on any atom is 0.338 e. The molecular formula is C37H52N4O12. The van der Waals surface area contributed by atoms with Gasteiger partial charge in [-0.15, -0.1) is 0 Å². The van der Waals surface area contributed by atoms with Crippen LogP contribution in [0.3, 0.4) is 0 Å². The largest absolute Gasteiger partial charge is 0.461 e. The van der Waals surface area contributed by atoms with Gasteiger partial charge in [0.05, 0.1) is 24.4 Å². The highest BCUT2D eigenvalue weighted by atomic mass is 16.6. The van der Waals surface area contributed by atoms with Crippen LogP contribution in [0, 0.1) is 0 Å². The Morgan fingerprint density at radius 1 is 0.774 bits per heavy atom. The normalized spacial score (nSPS) is 23.8. The third-order valence-corrected chi connectivity index (χ3v) is 10.6. The number of aryl methyl sites for hydroxylation is 1. The van der Waals surface area contributed by atoms with E-state index in [4.69, 9.17) is 28.4 Å². The van der Waals surface area contributed by atoms with Gasteiger partial charge in [0, 0.05) is 38.2 Å². The minimum Gasteiger partial charge on any atom is -0.461 e. The number of methoxy groups -OCH3 is 1. The first kappa shape index (κ1) is 38.9. The maximum atomic E-state index is 12.8. The molecule has 0 spiro atoms. The van der Waals surface area contributed by atoms with Gasteiger partial charge >= 0.3 is 23.3 Å². The summed E-state index contributed by atoms with van der Waals surface area (Å²) in [5, 5.41) is 0. The lowest BCUT2D eigenvalue weighted by atomic mass is 9.84. The zero-order valence-electron chi connectivity index (χ0n) is 30.4. The predicted molar refractivity (Wildman–Crippen MR) is 188 cm³/mol. The fraction of sp³-hybridized carbons (Fsp3) is 0.730. The molecule has 2 N–H and O–H groups in total. The highest BCUT2D eigenvalue weighted by Gasteiger charge is 2.48. The van der Waals surface area contributed by atoms with E-state index in [2.05, 4.69) is 9.97 Å². The first-order chi connectivity index (χ1) is 25.6. The highest BCUT2D eigenvalue weighted by molar-refractivity contribution is 5.80. The quantitative estimate of drug-likeness (QED) is 0.253. The fourth-order valence-corrected chi connectivity index (χ4v) is 7.26. The Kier molecular flexibility index (Phi) is 12.8. The second-order valence-corrected chi connectivity index (χ2v) is 14.8. The minimum atomic E-state index is -0.784. The van der Waals surface area contributed by atoms with Crippen molar-refractivity contribution in [2.45, 2.75) is 151 Å². The second kappa shape index (κ2) is 17.5. The molecule has 0 amide bonds. The van der Waals surface area contributed by atoms with Crippen LogP contribution in [0.5, 0.6) is 0 Å². The summed E-state index contributed by atoms with van der Waals surface area (Å²) in [5.74, 6) is -0.576. The van der Waals surface area contributed by atoms with Crippen LogP contribution < -0.4 is 22.5 Å². The van der Waals surface area contributed by atoms with Crippen LogP contribution in [-0.4, -0.2) is 87.0 Å². The summed E-state index contributed by atoms with van der Waals surface area (Å²) in [6.07, 6.45) is 16.0. The van der Waals surface area contributed by atoms with Crippen LogP contribution >= 0.6 is 0 Å². The van der Waals surface area contributed by atoms with Gasteiger partial charge in [-0.2, -0.15) is 0 Å². The number of H-pyrrole nitrogens is 2. The Balaban J connectivity index is 0.000000182. The number of nitrogens with zero attached hydrogens (tertiary/aromatic N) is 2. The first-order valence-corrected chi connectivity index (χ1v) is 19.1. The lowest BCUT2D eigenvalue weighted by molar-refractivity contribution is -0.183. The number of nitrogens with one attached hydrogen (secondary N) is 2. The molecule has 4 saturated carbocycles. The molecule has 53 heavy (non-hydrogen) atoms. The molecule has 292 valence electrons. The molecule has 7 rings (SSSR count). The molecule has 3 atom stereocenters. The van der Waals surface area contributed by atoms with Crippen molar-refractivity contribution in [3.63, 3.8) is 0 Å². The average Bonchev–Trinajstić information content (AvgIpc) is 4.04. The van der Waals surface area contributed by atoms with E-state index in [0.717, 1.165) is 70.6 Å². The van der Waals surface area contributed by atoms with Crippen molar-refractivity contribution in [2.24, 2.45) is 0 Å². The van der Waals surface area contributed by atoms with Crippen LogP contribution in [0.15, 0.2) is 43.7 Å². The van der Waals surface area contributed by atoms with Gasteiger partial charge in [-0.25, -0.2) is 19.2 Å². The minimum absolute atomic E-state index is 0.114. The third kappa shape index (κ3) is 10.4. The smallest absolute Gasteiger partial charge is 0.338 e. The van der Waals surface area contributed by atoms with Crippen LogP contribution in [0.2, 0.25) is 0 Å². The van der Waals surface area contributed by atoms with Crippen molar-refractivity contribution in [3.8, 4) is 0 Å². The molecule has 3 unspecified atom stereocenters. The number of carbonyl (C=O) groups excluding carboxylic acids is 2. The van der Waals surface area contributed by atoms with E-state index >= 15 is 0 Å². The molecule has 2 aromatic rings. The number of esters is 2. The Morgan fingerprint density at radius 2 is 1.34 bits per heavy atom. The standard InChI is InChI=1S/C19H26N2O6.C18H26N2O6/c22-15-8-11-21(18(24)20-15)16-7-6-14(26-16)12-25-17(23)19(27-13-4-5-13)9-2-1-3-10-19;1-24-14(6-10-20-11-7-15(21)19-17(20)23)12-25-16(22)18(8-2-3-9-18)26-13-4-5-13/h8,11,13-14,16H,1-7,9-10,12H2,(H,20,22,24);7,11,13-14H,2-6,8-10,12H2,1H3,(H,19,21,23). The molecule has 4 aliphatic carbocycles. The van der Waals surface area contributed by atoms with Gasteiger partial charge in [-0.3, -0.25) is 24.1 Å². The van der Waals surface area contributed by atoms with Gasteiger partial charge in [0.15, 0.2) is 11.2 Å². The molecule has 1 aliphatic heterocycles. The van der Waals surface area contributed by atoms with Gasteiger partial charge in [0.2, 0.25) is 0 Å². The number of aromatic nitrogens is 4. The van der Waals surface area contributed by atoms with Crippen molar-refractivity contribution in [2.75, 3.05) is 20.3 Å². The number of aromatic amines is 2. The van der Waals surface area contributed by atoms with E-state index in [-0.39, 0.29) is 49.6 Å². The molecule has 0 radical (unpaired) electrons. The fourth-order valence-electron chi connectivity index (χ4n) is 7.26. The molecule has 0 bridgehead atoms. The summed E-state index contributed by atoms with van der Waals surface area (Å²) in [6, 6.07) is 2.59. The molecule has 3 heterocycles. The molecule has 5 fully saturated rings. The lowest BCUT2D eigenvalue weighted by Gasteiger charge is -2.35. The van der Waals surface area contributed by atoms with Gasteiger partial charge in [-0.05, 0) is 96.3 Å². The summed E-state index contributed by atoms with van der Waals surface area (Å²) in [5.41, 5.74) is -3.40. The van der Waals surface area contributed by atoms with Crippen molar-refractivity contribution in [1.29, 1.82) is 0 Å². The zero-order valence-corrected chi connectivity index (χ0v) is 30.4. The SMILES string of the molecule is COC(CCn1ccc(=O)[nH]c1=O)COC(=O)C1(OC2CC2)CCCC1.O=C(OCC1CCC(n2ccc(=O)[nH]c2=O)O1)C1(OC2CC2)CCCCC1. The first-order valence-electron chi connectivity index (χ1n) is 19.1. The Morgan fingerprint density at radius 3 is 1.91 bits per heavy atom. The number of ether oxygens (including phenoxy) is 6. The van der Waals surface area contributed by atoms with Crippen LogP contribution in [0.1, 0.15) is 109 Å². The lowest BCUT2D eigenvalue weighted by Crippen LogP contribution is -2.46. The molecule has 2 aromatic heterocycles. The topological polar surface area (TPSA) is 199 Å². The van der Waals surface area contributed by atoms with E-state index in [1.165, 1.54) is 33.7 Å². The van der Waals surface area contributed by atoms with Crippen LogP contribution in [0.25, 0.3) is 0 Å².